The molecule has 2 N–H and O–H groups in total. The molecule has 0 saturated heterocycles. The van der Waals surface area contributed by atoms with Crippen molar-refractivity contribution in [1.82, 2.24) is 0 Å². The summed E-state index contributed by atoms with van der Waals surface area (Å²) in [4.78, 5) is 0. The van der Waals surface area contributed by atoms with Gasteiger partial charge in [-0.05, 0) is 30.4 Å². The minimum atomic E-state index is -0.751. The first kappa shape index (κ1) is 10.6. The monoisotopic (exact) mass is 211 g/mol. The van der Waals surface area contributed by atoms with Gasteiger partial charge in [-0.3, -0.25) is 0 Å². The molecular formula is C12H15F2N. The summed E-state index contributed by atoms with van der Waals surface area (Å²) in [5.74, 6) is -0.923. The van der Waals surface area contributed by atoms with Crippen LogP contribution >= 0.6 is 0 Å². The topological polar surface area (TPSA) is 26.0 Å². The number of hydrogen-bond acceptors (Lipinski definition) is 1. The summed E-state index contributed by atoms with van der Waals surface area (Å²) >= 11 is 0. The van der Waals surface area contributed by atoms with Gasteiger partial charge in [0.25, 0.3) is 0 Å². The van der Waals surface area contributed by atoms with E-state index < -0.39 is 17.2 Å². The number of rotatable bonds is 2. The lowest BCUT2D eigenvalue weighted by Gasteiger charge is -2.16. The van der Waals surface area contributed by atoms with E-state index in [1.54, 1.807) is 0 Å². The van der Waals surface area contributed by atoms with Crippen molar-refractivity contribution in [1.29, 1.82) is 0 Å². The maximum atomic E-state index is 14.0. The molecule has 0 aromatic heterocycles. The van der Waals surface area contributed by atoms with Crippen molar-refractivity contribution in [2.24, 2.45) is 5.73 Å². The second-order valence-electron chi connectivity index (χ2n) is 4.64. The number of nitrogens with two attached hydrogens (primary N) is 1. The molecule has 0 bridgehead atoms. The summed E-state index contributed by atoms with van der Waals surface area (Å²) in [6, 6.07) is 2.82. The van der Waals surface area contributed by atoms with E-state index in [9.17, 15) is 8.78 Å². The fourth-order valence-electron chi connectivity index (χ4n) is 1.86. The summed E-state index contributed by atoms with van der Waals surface area (Å²) in [7, 11) is 0. The quantitative estimate of drug-likeness (QED) is 0.799. The van der Waals surface area contributed by atoms with Gasteiger partial charge in [-0.25, -0.2) is 8.78 Å². The molecule has 3 heteroatoms. The molecule has 0 amide bonds. The fraction of sp³-hybridized carbons (Fsp3) is 0.500. The van der Waals surface area contributed by atoms with Crippen molar-refractivity contribution >= 4 is 0 Å². The molecule has 1 aliphatic carbocycles. The number of hydrogen-bond donors (Lipinski definition) is 1. The largest absolute Gasteiger partial charge is 0.321 e. The minimum absolute atomic E-state index is 0.0479. The van der Waals surface area contributed by atoms with E-state index in [0.29, 0.717) is 18.4 Å². The molecule has 0 radical (unpaired) electrons. The summed E-state index contributed by atoms with van der Waals surface area (Å²) < 4.78 is 27.5. The number of benzene rings is 1. The van der Waals surface area contributed by atoms with Gasteiger partial charge >= 0.3 is 0 Å². The van der Waals surface area contributed by atoms with Crippen molar-refractivity contribution in [2.75, 3.05) is 0 Å². The Kier molecular flexibility index (Phi) is 2.30. The van der Waals surface area contributed by atoms with Gasteiger partial charge in [0.2, 0.25) is 0 Å². The lowest BCUT2D eigenvalue weighted by molar-refractivity contribution is 0.508. The molecule has 15 heavy (non-hydrogen) atoms. The highest BCUT2D eigenvalue weighted by Crippen LogP contribution is 2.45. The zero-order valence-corrected chi connectivity index (χ0v) is 8.98. The third kappa shape index (κ3) is 1.65. The molecular weight excluding hydrogens is 196 g/mol. The maximum absolute atomic E-state index is 14.0. The van der Waals surface area contributed by atoms with Gasteiger partial charge in [-0.15, -0.1) is 0 Å². The first-order valence-corrected chi connectivity index (χ1v) is 5.23. The lowest BCUT2D eigenvalue weighted by Crippen LogP contribution is -2.23. The van der Waals surface area contributed by atoms with Crippen molar-refractivity contribution in [2.45, 2.75) is 38.1 Å². The van der Waals surface area contributed by atoms with E-state index in [2.05, 4.69) is 0 Å². The first-order valence-electron chi connectivity index (χ1n) is 5.23. The summed E-state index contributed by atoms with van der Waals surface area (Å²) in [6.45, 7) is 3.77. The van der Waals surface area contributed by atoms with Gasteiger partial charge in [-0.1, -0.05) is 19.9 Å². The molecule has 1 saturated carbocycles. The lowest BCUT2D eigenvalue weighted by atomic mass is 9.95. The fourth-order valence-corrected chi connectivity index (χ4v) is 1.86. The van der Waals surface area contributed by atoms with Crippen LogP contribution < -0.4 is 5.73 Å². The summed E-state index contributed by atoms with van der Waals surface area (Å²) in [5.41, 5.74) is 5.73. The van der Waals surface area contributed by atoms with E-state index in [4.69, 9.17) is 5.73 Å². The van der Waals surface area contributed by atoms with Crippen LogP contribution in [0.2, 0.25) is 0 Å². The maximum Gasteiger partial charge on any atom is 0.134 e. The van der Waals surface area contributed by atoms with Crippen LogP contribution in [-0.2, 0) is 5.54 Å². The second-order valence-corrected chi connectivity index (χ2v) is 4.64. The highest BCUT2D eigenvalue weighted by Gasteiger charge is 2.44. The van der Waals surface area contributed by atoms with Gasteiger partial charge in [-0.2, -0.15) is 0 Å². The van der Waals surface area contributed by atoms with Crippen molar-refractivity contribution in [3.63, 3.8) is 0 Å². The highest BCUT2D eigenvalue weighted by molar-refractivity contribution is 5.37. The molecule has 1 aromatic rings. The SMILES string of the molecule is CC(C)c1ccc(F)c(C2(N)CC2)c1F. The Balaban J connectivity index is 2.57. The zero-order chi connectivity index (χ0) is 11.2. The second kappa shape index (κ2) is 3.27. The Labute approximate surface area is 88.3 Å². The van der Waals surface area contributed by atoms with Gasteiger partial charge in [0.15, 0.2) is 0 Å². The smallest absolute Gasteiger partial charge is 0.134 e. The predicted octanol–water partition coefficient (Wildman–Crippen LogP) is 3.04. The van der Waals surface area contributed by atoms with Crippen molar-refractivity contribution < 1.29 is 8.78 Å². The summed E-state index contributed by atoms with van der Waals surface area (Å²) in [6.07, 6.45) is 1.34. The third-order valence-corrected chi connectivity index (χ3v) is 3.03. The molecule has 0 heterocycles. The van der Waals surface area contributed by atoms with Gasteiger partial charge in [0.05, 0.1) is 0 Å². The zero-order valence-electron chi connectivity index (χ0n) is 8.98. The Morgan fingerprint density at radius 3 is 2.33 bits per heavy atom. The van der Waals surface area contributed by atoms with E-state index in [-0.39, 0.29) is 11.5 Å². The molecule has 1 nitrogen and oxygen atoms in total. The van der Waals surface area contributed by atoms with Crippen LogP contribution in [0.3, 0.4) is 0 Å². The molecule has 0 atom stereocenters. The third-order valence-electron chi connectivity index (χ3n) is 3.03. The Hall–Kier alpha value is -0.960. The van der Waals surface area contributed by atoms with Gasteiger partial charge in [0, 0.05) is 11.1 Å². The van der Waals surface area contributed by atoms with Gasteiger partial charge < -0.3 is 5.73 Å². The van der Waals surface area contributed by atoms with Crippen molar-refractivity contribution in [3.05, 3.63) is 34.9 Å². The Morgan fingerprint density at radius 1 is 1.27 bits per heavy atom. The van der Waals surface area contributed by atoms with Crippen LogP contribution in [-0.4, -0.2) is 0 Å². The van der Waals surface area contributed by atoms with Crippen molar-refractivity contribution in [3.8, 4) is 0 Å². The van der Waals surface area contributed by atoms with Gasteiger partial charge in [0.1, 0.15) is 11.6 Å². The molecule has 1 aliphatic rings. The number of halogens is 2. The van der Waals surface area contributed by atoms with Crippen LogP contribution in [0.15, 0.2) is 12.1 Å². The Morgan fingerprint density at radius 2 is 1.87 bits per heavy atom. The molecule has 1 fully saturated rings. The highest BCUT2D eigenvalue weighted by atomic mass is 19.1. The molecule has 1 aromatic carbocycles. The molecule has 2 rings (SSSR count). The molecule has 0 unspecified atom stereocenters. The average Bonchev–Trinajstić information content (AvgIpc) is 2.83. The van der Waals surface area contributed by atoms with E-state index >= 15 is 0 Å². The van der Waals surface area contributed by atoms with Crippen LogP contribution in [0.5, 0.6) is 0 Å². The molecule has 0 aliphatic heterocycles. The van der Waals surface area contributed by atoms with Crippen LogP contribution in [0.1, 0.15) is 43.7 Å². The molecule has 82 valence electrons. The minimum Gasteiger partial charge on any atom is -0.321 e. The van der Waals surface area contributed by atoms with E-state index in [1.807, 2.05) is 13.8 Å². The normalized spacial score (nSPS) is 18.3. The predicted molar refractivity (Wildman–Crippen MR) is 55.5 cm³/mol. The standard InChI is InChI=1S/C12H15F2N/c1-7(2)8-3-4-9(13)10(11(8)14)12(15)5-6-12/h3-4,7H,5-6,15H2,1-2H3. The first-order chi connectivity index (χ1) is 6.96. The van der Waals surface area contributed by atoms with Crippen LogP contribution in [0, 0.1) is 11.6 Å². The average molecular weight is 211 g/mol. The van der Waals surface area contributed by atoms with E-state index in [1.165, 1.54) is 12.1 Å². The van der Waals surface area contributed by atoms with E-state index in [0.717, 1.165) is 0 Å². The van der Waals surface area contributed by atoms with Crippen LogP contribution in [0.25, 0.3) is 0 Å². The summed E-state index contributed by atoms with van der Waals surface area (Å²) in [5, 5.41) is 0. The van der Waals surface area contributed by atoms with Crippen LogP contribution in [0.4, 0.5) is 8.78 Å². The molecule has 0 spiro atoms. The Bertz CT molecular complexity index is 395.